The number of nitrogens with zero attached hydrogens (tertiary/aromatic N) is 1. The fourth-order valence-corrected chi connectivity index (χ4v) is 1.14. The van der Waals surface area contributed by atoms with Gasteiger partial charge < -0.3 is 4.74 Å². The summed E-state index contributed by atoms with van der Waals surface area (Å²) in [4.78, 5) is 11.1. The van der Waals surface area contributed by atoms with E-state index in [0.29, 0.717) is 0 Å². The maximum Gasteiger partial charge on any atom is 0.370 e. The van der Waals surface area contributed by atoms with Crippen LogP contribution in [0.1, 0.15) is 12.5 Å². The molecule has 0 unspecified atom stereocenters. The minimum absolute atomic E-state index is 0.217. The van der Waals surface area contributed by atoms with Crippen molar-refractivity contribution in [1.82, 2.24) is 0 Å². The van der Waals surface area contributed by atoms with E-state index < -0.39 is 5.97 Å². The quantitative estimate of drug-likeness (QED) is 0.500. The fourth-order valence-electron chi connectivity index (χ4n) is 1.04. The number of aryl methyl sites for hydroxylation is 1. The van der Waals surface area contributed by atoms with Crippen LogP contribution in [0.5, 0.6) is 0 Å². The molecule has 0 amide bonds. The van der Waals surface area contributed by atoms with Gasteiger partial charge in [0, 0.05) is 0 Å². The highest BCUT2D eigenvalue weighted by Gasteiger charge is 2.08. The summed E-state index contributed by atoms with van der Waals surface area (Å²) < 4.78 is 4.68. The van der Waals surface area contributed by atoms with E-state index in [9.17, 15) is 4.79 Å². The van der Waals surface area contributed by atoms with Crippen LogP contribution in [0.2, 0.25) is 0 Å². The van der Waals surface area contributed by atoms with Gasteiger partial charge in [0.15, 0.2) is 0 Å². The lowest BCUT2D eigenvalue weighted by molar-refractivity contribution is -0.134. The van der Waals surface area contributed by atoms with E-state index >= 15 is 0 Å². The molecule has 0 aliphatic rings. The molecule has 0 spiro atoms. The third-order valence-corrected chi connectivity index (χ3v) is 2.10. The van der Waals surface area contributed by atoms with Gasteiger partial charge in [0.25, 0.3) is 0 Å². The molecule has 1 N–H and O–H groups in total. The summed E-state index contributed by atoms with van der Waals surface area (Å²) in [5.41, 5.74) is 4.52. The van der Waals surface area contributed by atoms with Crippen molar-refractivity contribution in [2.75, 3.05) is 12.0 Å². The standard InChI is InChI=1S/C11H13ClN2O2/c1-3-16-11(15)10(12)14-13-9-7-5-4-6-8(9)2/h4-7,13H,3H2,1-2H3/b14-10+. The molecule has 0 atom stereocenters. The first kappa shape index (κ1) is 12.5. The first-order chi connectivity index (χ1) is 7.65. The Kier molecular flexibility index (Phi) is 4.79. The lowest BCUT2D eigenvalue weighted by Crippen LogP contribution is -2.13. The molecule has 0 fully saturated rings. The minimum Gasteiger partial charge on any atom is -0.461 e. The van der Waals surface area contributed by atoms with E-state index in [1.165, 1.54) is 0 Å². The SMILES string of the molecule is CCOC(=O)/C(Cl)=N\Nc1ccccc1C. The van der Waals surface area contributed by atoms with Gasteiger partial charge >= 0.3 is 5.97 Å². The van der Waals surface area contributed by atoms with Gasteiger partial charge in [-0.25, -0.2) is 4.79 Å². The predicted molar refractivity (Wildman–Crippen MR) is 64.7 cm³/mol. The number of hydrogen-bond donors (Lipinski definition) is 1. The van der Waals surface area contributed by atoms with E-state index in [-0.39, 0.29) is 11.8 Å². The molecular weight excluding hydrogens is 228 g/mol. The van der Waals surface area contributed by atoms with E-state index in [0.717, 1.165) is 11.3 Å². The zero-order valence-electron chi connectivity index (χ0n) is 9.16. The van der Waals surface area contributed by atoms with Crippen LogP contribution >= 0.6 is 11.6 Å². The molecule has 0 heterocycles. The van der Waals surface area contributed by atoms with Crippen molar-refractivity contribution in [1.29, 1.82) is 0 Å². The van der Waals surface area contributed by atoms with E-state index in [1.807, 2.05) is 31.2 Å². The Bertz CT molecular complexity index is 405. The van der Waals surface area contributed by atoms with Gasteiger partial charge in [-0.1, -0.05) is 29.8 Å². The summed E-state index contributed by atoms with van der Waals surface area (Å²) in [6.45, 7) is 3.90. The average Bonchev–Trinajstić information content (AvgIpc) is 2.28. The van der Waals surface area contributed by atoms with Crippen molar-refractivity contribution in [2.45, 2.75) is 13.8 Å². The highest BCUT2D eigenvalue weighted by molar-refractivity contribution is 6.82. The molecule has 5 heteroatoms. The topological polar surface area (TPSA) is 50.7 Å². The first-order valence-electron chi connectivity index (χ1n) is 4.87. The second-order valence-corrected chi connectivity index (χ2v) is 3.41. The largest absolute Gasteiger partial charge is 0.461 e. The van der Waals surface area contributed by atoms with Crippen LogP contribution in [0.4, 0.5) is 5.69 Å². The first-order valence-corrected chi connectivity index (χ1v) is 5.25. The number of rotatable bonds is 4. The van der Waals surface area contributed by atoms with Crippen LogP contribution in [0.25, 0.3) is 0 Å². The number of hydrogen-bond acceptors (Lipinski definition) is 4. The second kappa shape index (κ2) is 6.12. The van der Waals surface area contributed by atoms with E-state index in [1.54, 1.807) is 6.92 Å². The molecule has 0 radical (unpaired) electrons. The van der Waals surface area contributed by atoms with Gasteiger partial charge in [0.05, 0.1) is 12.3 Å². The molecule has 86 valence electrons. The number of esters is 1. The summed E-state index contributed by atoms with van der Waals surface area (Å²) >= 11 is 5.63. The Morgan fingerprint density at radius 3 is 2.81 bits per heavy atom. The number of ether oxygens (including phenoxy) is 1. The monoisotopic (exact) mass is 240 g/mol. The number of halogens is 1. The summed E-state index contributed by atoms with van der Waals surface area (Å²) in [6, 6.07) is 7.55. The molecule has 0 bridgehead atoms. The van der Waals surface area contributed by atoms with Crippen LogP contribution in [-0.2, 0) is 9.53 Å². The van der Waals surface area contributed by atoms with Crippen LogP contribution in [0.3, 0.4) is 0 Å². The average molecular weight is 241 g/mol. The number of hydrazone groups is 1. The minimum atomic E-state index is -0.634. The third-order valence-electron chi connectivity index (χ3n) is 1.86. The molecule has 0 saturated heterocycles. The molecule has 0 aromatic heterocycles. The third kappa shape index (κ3) is 3.55. The molecule has 1 aromatic carbocycles. The van der Waals surface area contributed by atoms with Crippen molar-refractivity contribution in [3.8, 4) is 0 Å². The number of para-hydroxylation sites is 1. The van der Waals surface area contributed by atoms with Gasteiger partial charge in [-0.3, -0.25) is 5.43 Å². The molecule has 1 aromatic rings. The fraction of sp³-hybridized carbons (Fsp3) is 0.273. The lowest BCUT2D eigenvalue weighted by atomic mass is 10.2. The van der Waals surface area contributed by atoms with Crippen LogP contribution in [0, 0.1) is 6.92 Å². The normalized spacial score (nSPS) is 11.1. The predicted octanol–water partition coefficient (Wildman–Crippen LogP) is 2.52. The van der Waals surface area contributed by atoms with E-state index in [2.05, 4.69) is 15.3 Å². The van der Waals surface area contributed by atoms with Gasteiger partial charge in [-0.2, -0.15) is 5.10 Å². The molecule has 4 nitrogen and oxygen atoms in total. The van der Waals surface area contributed by atoms with E-state index in [4.69, 9.17) is 11.6 Å². The zero-order chi connectivity index (χ0) is 12.0. The van der Waals surface area contributed by atoms with Gasteiger partial charge in [-0.15, -0.1) is 0 Å². The molecule has 0 aliphatic heterocycles. The summed E-state index contributed by atoms with van der Waals surface area (Å²) in [6.07, 6.45) is 0. The van der Waals surface area contributed by atoms with Crippen molar-refractivity contribution >= 4 is 28.4 Å². The number of carbonyl (C=O) groups is 1. The number of nitrogens with one attached hydrogen (secondary N) is 1. The summed E-state index contributed by atoms with van der Waals surface area (Å²) in [5, 5.41) is 3.51. The van der Waals surface area contributed by atoms with Crippen LogP contribution in [0.15, 0.2) is 29.4 Å². The van der Waals surface area contributed by atoms with Gasteiger partial charge in [0.1, 0.15) is 0 Å². The molecule has 0 saturated carbocycles. The Hall–Kier alpha value is -1.55. The Balaban J connectivity index is 2.66. The number of carbonyl (C=O) groups excluding carboxylic acids is 1. The molecule has 16 heavy (non-hydrogen) atoms. The zero-order valence-corrected chi connectivity index (χ0v) is 9.91. The molecule has 1 rings (SSSR count). The lowest BCUT2D eigenvalue weighted by Gasteiger charge is -2.04. The highest BCUT2D eigenvalue weighted by atomic mass is 35.5. The maximum absolute atomic E-state index is 11.1. The Morgan fingerprint density at radius 1 is 1.50 bits per heavy atom. The maximum atomic E-state index is 11.1. The van der Waals surface area contributed by atoms with Gasteiger partial charge in [-0.05, 0) is 25.5 Å². The molecule has 0 aliphatic carbocycles. The number of benzene rings is 1. The van der Waals surface area contributed by atoms with Crippen molar-refractivity contribution in [2.24, 2.45) is 5.10 Å². The number of anilines is 1. The van der Waals surface area contributed by atoms with Crippen molar-refractivity contribution in [3.05, 3.63) is 29.8 Å². The van der Waals surface area contributed by atoms with Crippen molar-refractivity contribution < 1.29 is 9.53 Å². The summed E-state index contributed by atoms with van der Waals surface area (Å²) in [5.74, 6) is -0.634. The van der Waals surface area contributed by atoms with Crippen molar-refractivity contribution in [3.63, 3.8) is 0 Å². The smallest absolute Gasteiger partial charge is 0.370 e. The Morgan fingerprint density at radius 2 is 2.19 bits per heavy atom. The van der Waals surface area contributed by atoms with Crippen LogP contribution in [-0.4, -0.2) is 17.7 Å². The second-order valence-electron chi connectivity index (χ2n) is 3.05. The summed E-state index contributed by atoms with van der Waals surface area (Å²) in [7, 11) is 0. The van der Waals surface area contributed by atoms with Crippen LogP contribution < -0.4 is 5.43 Å². The Labute approximate surface area is 99.2 Å². The van der Waals surface area contributed by atoms with Gasteiger partial charge in [0.2, 0.25) is 5.17 Å². The highest BCUT2D eigenvalue weighted by Crippen LogP contribution is 2.13. The molecular formula is C11H13ClN2O2.